The van der Waals surface area contributed by atoms with E-state index in [9.17, 15) is 9.59 Å². The van der Waals surface area contributed by atoms with Gasteiger partial charge < -0.3 is 4.90 Å². The lowest BCUT2D eigenvalue weighted by molar-refractivity contribution is -0.135. The summed E-state index contributed by atoms with van der Waals surface area (Å²) in [6.45, 7) is 5.54. The highest BCUT2D eigenvalue weighted by Gasteiger charge is 2.39. The summed E-state index contributed by atoms with van der Waals surface area (Å²) in [6, 6.07) is 6.95. The molecule has 1 aromatic carbocycles. The molecule has 1 aromatic heterocycles. The lowest BCUT2D eigenvalue weighted by Gasteiger charge is -2.40. The van der Waals surface area contributed by atoms with Crippen LogP contribution in [0.3, 0.4) is 0 Å². The Kier molecular flexibility index (Phi) is 4.39. The van der Waals surface area contributed by atoms with Gasteiger partial charge in [0.2, 0.25) is 11.8 Å². The quantitative estimate of drug-likeness (QED) is 0.800. The normalized spacial score (nSPS) is 23.6. The maximum atomic E-state index is 13.3. The van der Waals surface area contributed by atoms with Crippen LogP contribution in [-0.2, 0) is 11.2 Å². The molecule has 0 spiro atoms. The minimum atomic E-state index is -0.0945. The molecule has 5 nitrogen and oxygen atoms in total. The molecule has 0 N–H and O–H groups in total. The van der Waals surface area contributed by atoms with Gasteiger partial charge in [-0.25, -0.2) is 0 Å². The average molecular weight is 392 g/mol. The number of hydrogen-bond acceptors (Lipinski definition) is 3. The maximum Gasteiger partial charge on any atom is 0.231 e. The summed E-state index contributed by atoms with van der Waals surface area (Å²) in [6.07, 6.45) is 7.93. The molecule has 0 radical (unpaired) electrons. The zero-order chi connectivity index (χ0) is 20.3. The number of fused-ring (bicyclic) bond motifs is 2. The largest absolute Gasteiger partial charge is 0.339 e. The molecule has 2 heterocycles. The summed E-state index contributed by atoms with van der Waals surface area (Å²) in [4.78, 5) is 30.1. The van der Waals surface area contributed by atoms with Gasteiger partial charge in [0.25, 0.3) is 0 Å². The molecule has 0 saturated heterocycles. The van der Waals surface area contributed by atoms with Gasteiger partial charge in [-0.05, 0) is 56.0 Å². The third-order valence-electron chi connectivity index (χ3n) is 6.89. The number of aromatic nitrogens is 1. The molecule has 0 bridgehead atoms. The van der Waals surface area contributed by atoms with E-state index in [4.69, 9.17) is 0 Å². The minimum Gasteiger partial charge on any atom is -0.339 e. The van der Waals surface area contributed by atoms with Crippen LogP contribution in [-0.4, -0.2) is 58.4 Å². The molecule has 2 aromatic rings. The van der Waals surface area contributed by atoms with Crippen molar-refractivity contribution in [2.45, 2.75) is 51.6 Å². The number of amides is 1. The number of likely N-dealkylation sites (N-methyl/N-ethyl adjacent to an activating group) is 1. The highest BCUT2D eigenvalue weighted by Crippen LogP contribution is 2.42. The number of carbonyl (C=O) groups is 2. The molecule has 0 unspecified atom stereocenters. The number of carbonyl (C=O) groups excluding carboxylic acids is 2. The molecule has 1 amide bonds. The Morgan fingerprint density at radius 3 is 2.69 bits per heavy atom. The number of rotatable bonds is 4. The van der Waals surface area contributed by atoms with Crippen LogP contribution in [0.15, 0.2) is 30.5 Å². The Morgan fingerprint density at radius 1 is 1.21 bits per heavy atom. The molecule has 2 atom stereocenters. The lowest BCUT2D eigenvalue weighted by atomic mass is 9.79. The van der Waals surface area contributed by atoms with E-state index in [0.29, 0.717) is 12.5 Å². The third kappa shape index (κ3) is 2.86. The van der Waals surface area contributed by atoms with Crippen molar-refractivity contribution in [1.82, 2.24) is 14.4 Å². The fourth-order valence-corrected chi connectivity index (χ4v) is 5.28. The molecule has 152 valence electrons. The van der Waals surface area contributed by atoms with E-state index in [1.807, 2.05) is 29.8 Å². The Balaban J connectivity index is 1.60. The van der Waals surface area contributed by atoms with Gasteiger partial charge >= 0.3 is 0 Å². The number of hydrogen-bond donors (Lipinski definition) is 0. The molecule has 5 heteroatoms. The summed E-state index contributed by atoms with van der Waals surface area (Å²) in [5.41, 5.74) is 4.68. The van der Waals surface area contributed by atoms with Gasteiger partial charge in [-0.3, -0.25) is 19.1 Å². The van der Waals surface area contributed by atoms with Gasteiger partial charge in [0, 0.05) is 43.2 Å². The molecule has 2 aliphatic carbocycles. The van der Waals surface area contributed by atoms with E-state index < -0.39 is 0 Å². The van der Waals surface area contributed by atoms with E-state index in [1.165, 1.54) is 22.1 Å². The van der Waals surface area contributed by atoms with Gasteiger partial charge in [-0.15, -0.1) is 0 Å². The summed E-state index contributed by atoms with van der Waals surface area (Å²) in [7, 11) is 2.13. The van der Waals surface area contributed by atoms with Crippen LogP contribution in [0.5, 0.6) is 0 Å². The van der Waals surface area contributed by atoms with Crippen molar-refractivity contribution >= 4 is 28.3 Å². The second kappa shape index (κ2) is 6.84. The van der Waals surface area contributed by atoms with E-state index >= 15 is 0 Å². The number of nitrogens with zero attached hydrogens (tertiary/aromatic N) is 3. The van der Waals surface area contributed by atoms with Crippen LogP contribution in [0.25, 0.3) is 16.5 Å². The van der Waals surface area contributed by atoms with Gasteiger partial charge in [0.15, 0.2) is 0 Å². The second-order valence-corrected chi connectivity index (χ2v) is 8.71. The molecular weight excluding hydrogens is 362 g/mol. The Bertz CT molecular complexity index is 1030. The third-order valence-corrected chi connectivity index (χ3v) is 6.89. The van der Waals surface area contributed by atoms with Crippen molar-refractivity contribution in [3.8, 4) is 0 Å². The summed E-state index contributed by atoms with van der Waals surface area (Å²) >= 11 is 0. The predicted octanol–water partition coefficient (Wildman–Crippen LogP) is 3.57. The minimum absolute atomic E-state index is 0.0945. The first-order valence-corrected chi connectivity index (χ1v) is 10.9. The van der Waals surface area contributed by atoms with Crippen molar-refractivity contribution in [2.75, 3.05) is 20.1 Å². The van der Waals surface area contributed by atoms with Crippen LogP contribution in [0.4, 0.5) is 0 Å². The Hall–Kier alpha value is -2.40. The van der Waals surface area contributed by atoms with E-state index in [-0.39, 0.29) is 23.8 Å². The van der Waals surface area contributed by atoms with Crippen LogP contribution >= 0.6 is 0 Å². The lowest BCUT2D eigenvalue weighted by Crippen LogP contribution is -2.48. The van der Waals surface area contributed by atoms with Crippen LogP contribution in [0.2, 0.25) is 0 Å². The van der Waals surface area contributed by atoms with Crippen LogP contribution in [0, 0.1) is 5.92 Å². The molecule has 1 fully saturated rings. The fourth-order valence-electron chi connectivity index (χ4n) is 5.28. The zero-order valence-corrected chi connectivity index (χ0v) is 17.5. The van der Waals surface area contributed by atoms with Gasteiger partial charge in [-0.2, -0.15) is 0 Å². The number of benzene rings is 1. The molecule has 1 saturated carbocycles. The van der Waals surface area contributed by atoms with Gasteiger partial charge in [0.1, 0.15) is 0 Å². The first-order chi connectivity index (χ1) is 14.0. The summed E-state index contributed by atoms with van der Waals surface area (Å²) in [5.74, 6) is 0.300. The molecule has 3 aliphatic rings. The smallest absolute Gasteiger partial charge is 0.231 e. The topological polar surface area (TPSA) is 45.6 Å². The molecule has 29 heavy (non-hydrogen) atoms. The predicted molar refractivity (Wildman–Crippen MR) is 115 cm³/mol. The van der Waals surface area contributed by atoms with E-state index in [0.717, 1.165) is 37.9 Å². The highest BCUT2D eigenvalue weighted by atomic mass is 16.2. The Labute approximate surface area is 172 Å². The molecule has 1 aliphatic heterocycles. The van der Waals surface area contributed by atoms with Gasteiger partial charge in [0.05, 0.1) is 11.4 Å². The van der Waals surface area contributed by atoms with Crippen LogP contribution < -0.4 is 0 Å². The molecular formula is C24H29N3O2. The Morgan fingerprint density at radius 2 is 2.00 bits per heavy atom. The van der Waals surface area contributed by atoms with Crippen LogP contribution in [0.1, 0.15) is 49.0 Å². The van der Waals surface area contributed by atoms with Crippen molar-refractivity contribution in [3.63, 3.8) is 0 Å². The second-order valence-electron chi connectivity index (χ2n) is 8.71. The first-order valence-electron chi connectivity index (χ1n) is 10.9. The maximum absolute atomic E-state index is 13.3. The SMILES string of the molecule is CCC(=O)n1cc2c3c(cccc31)C1=C[C@@H](C(=O)N(CC)C3CC3)CN(C)[C@@H]1C2. The van der Waals surface area contributed by atoms with Crippen molar-refractivity contribution in [2.24, 2.45) is 5.92 Å². The van der Waals surface area contributed by atoms with Crippen molar-refractivity contribution in [3.05, 3.63) is 41.6 Å². The first kappa shape index (κ1) is 18.6. The average Bonchev–Trinajstić information content (AvgIpc) is 3.50. The molecule has 5 rings (SSSR count). The summed E-state index contributed by atoms with van der Waals surface area (Å²) < 4.78 is 1.82. The van der Waals surface area contributed by atoms with E-state index in [1.54, 1.807) is 0 Å². The van der Waals surface area contributed by atoms with Gasteiger partial charge in [-0.1, -0.05) is 25.1 Å². The van der Waals surface area contributed by atoms with E-state index in [2.05, 4.69) is 35.9 Å². The summed E-state index contributed by atoms with van der Waals surface area (Å²) in [5, 5.41) is 1.19. The standard InChI is InChI=1S/C24H29N3O2/c1-4-22(28)27-14-15-12-21-19(18-7-6-8-20(27)23(15)18)11-16(13-25(21)3)24(29)26(5-2)17-9-10-17/h6-8,11,14,16-17,21H,4-5,9-10,12-13H2,1-3H3/t16-,21-/m1/s1. The monoisotopic (exact) mass is 391 g/mol. The van der Waals surface area contributed by atoms with Crippen molar-refractivity contribution < 1.29 is 9.59 Å². The highest BCUT2D eigenvalue weighted by molar-refractivity contribution is 6.03. The zero-order valence-electron chi connectivity index (χ0n) is 17.5. The fraction of sp³-hybridized carbons (Fsp3) is 0.500. The van der Waals surface area contributed by atoms with Crippen molar-refractivity contribution in [1.29, 1.82) is 0 Å².